The molecule has 2 heterocycles. The van der Waals surface area contributed by atoms with Crippen molar-refractivity contribution >= 4 is 11.5 Å². The summed E-state index contributed by atoms with van der Waals surface area (Å²) in [6.45, 7) is 0.803. The van der Waals surface area contributed by atoms with Gasteiger partial charge in [0.05, 0.1) is 5.69 Å². The smallest absolute Gasteiger partial charge is 0.129 e. The number of nitrogens with zero attached hydrogens (tertiary/aromatic N) is 3. The summed E-state index contributed by atoms with van der Waals surface area (Å²) in [7, 11) is 0. The highest BCUT2D eigenvalue weighted by molar-refractivity contribution is 5.65. The van der Waals surface area contributed by atoms with Crippen molar-refractivity contribution in [1.82, 2.24) is 15.0 Å². The number of pyridine rings is 1. The lowest BCUT2D eigenvalue weighted by atomic mass is 10.1. The molecule has 1 aromatic carbocycles. The number of nitrogens with one attached hydrogen (secondary N) is 1. The second kappa shape index (κ2) is 6.67. The van der Waals surface area contributed by atoms with Gasteiger partial charge in [-0.15, -0.1) is 0 Å². The molecule has 0 atom stereocenters. The van der Waals surface area contributed by atoms with Crippen LogP contribution in [-0.4, -0.2) is 21.5 Å². The van der Waals surface area contributed by atoms with Gasteiger partial charge in [-0.25, -0.2) is 9.97 Å². The zero-order valence-electron chi connectivity index (χ0n) is 12.1. The predicted octanol–water partition coefficient (Wildman–Crippen LogP) is 2.78. The Hall–Kier alpha value is -2.95. The summed E-state index contributed by atoms with van der Waals surface area (Å²) in [6.07, 6.45) is 6.09. The van der Waals surface area contributed by atoms with E-state index in [0.29, 0.717) is 0 Å². The van der Waals surface area contributed by atoms with E-state index >= 15 is 0 Å². The molecule has 5 heteroatoms. The lowest BCUT2D eigenvalue weighted by Crippen LogP contribution is -2.06. The predicted molar refractivity (Wildman–Crippen MR) is 88.3 cm³/mol. The topological polar surface area (TPSA) is 76.7 Å². The second-order valence-corrected chi connectivity index (χ2v) is 4.95. The standard InChI is InChI=1S/C17H17N5/c18-15-3-1-2-14(10-15)16-11-17(22-12-21-16)20-9-6-13-4-7-19-8-5-13/h1-5,7-8,10-12H,6,9,18H2,(H,20,21,22). The van der Waals surface area contributed by atoms with Crippen molar-refractivity contribution in [3.63, 3.8) is 0 Å². The Morgan fingerprint density at radius 3 is 2.68 bits per heavy atom. The van der Waals surface area contributed by atoms with Gasteiger partial charge in [-0.2, -0.15) is 0 Å². The number of hydrogen-bond donors (Lipinski definition) is 2. The van der Waals surface area contributed by atoms with Crippen LogP contribution in [0.25, 0.3) is 11.3 Å². The average molecular weight is 291 g/mol. The van der Waals surface area contributed by atoms with Gasteiger partial charge in [0, 0.05) is 36.3 Å². The van der Waals surface area contributed by atoms with Gasteiger partial charge >= 0.3 is 0 Å². The molecule has 0 bridgehead atoms. The first-order valence-corrected chi connectivity index (χ1v) is 7.12. The lowest BCUT2D eigenvalue weighted by molar-refractivity contribution is 0.994. The highest BCUT2D eigenvalue weighted by atomic mass is 15.0. The van der Waals surface area contributed by atoms with E-state index in [4.69, 9.17) is 5.73 Å². The van der Waals surface area contributed by atoms with Gasteiger partial charge in [-0.1, -0.05) is 12.1 Å². The quantitative estimate of drug-likeness (QED) is 0.707. The summed E-state index contributed by atoms with van der Waals surface area (Å²) in [5.41, 5.74) is 9.62. The fourth-order valence-corrected chi connectivity index (χ4v) is 2.19. The number of nitrogens with two attached hydrogens (primary N) is 1. The molecular weight excluding hydrogens is 274 g/mol. The normalized spacial score (nSPS) is 10.4. The van der Waals surface area contributed by atoms with Crippen LogP contribution in [0.3, 0.4) is 0 Å². The Labute approximate surface area is 129 Å². The van der Waals surface area contributed by atoms with Crippen LogP contribution in [0.4, 0.5) is 11.5 Å². The molecule has 0 amide bonds. The van der Waals surface area contributed by atoms with Crippen LogP contribution in [0.2, 0.25) is 0 Å². The third-order valence-corrected chi connectivity index (χ3v) is 3.32. The average Bonchev–Trinajstić information content (AvgIpc) is 2.56. The second-order valence-electron chi connectivity index (χ2n) is 4.95. The molecule has 2 aromatic heterocycles. The van der Waals surface area contributed by atoms with Gasteiger partial charge in [-0.05, 0) is 36.2 Å². The molecule has 5 nitrogen and oxygen atoms in total. The van der Waals surface area contributed by atoms with Crippen LogP contribution >= 0.6 is 0 Å². The Bertz CT molecular complexity index is 743. The van der Waals surface area contributed by atoms with Crippen molar-refractivity contribution in [3.05, 3.63) is 66.7 Å². The van der Waals surface area contributed by atoms with Gasteiger partial charge in [0.2, 0.25) is 0 Å². The fourth-order valence-electron chi connectivity index (χ4n) is 2.19. The minimum absolute atomic E-state index is 0.725. The van der Waals surface area contributed by atoms with Gasteiger partial charge in [0.15, 0.2) is 0 Å². The van der Waals surface area contributed by atoms with Gasteiger partial charge in [-0.3, -0.25) is 4.98 Å². The zero-order chi connectivity index (χ0) is 15.2. The number of anilines is 2. The monoisotopic (exact) mass is 291 g/mol. The maximum atomic E-state index is 5.81. The summed E-state index contributed by atoms with van der Waals surface area (Å²) in [6, 6.07) is 13.6. The van der Waals surface area contributed by atoms with E-state index < -0.39 is 0 Å². The molecule has 3 N–H and O–H groups in total. The number of nitrogen functional groups attached to an aromatic ring is 1. The van der Waals surface area contributed by atoms with Crippen molar-refractivity contribution in [2.24, 2.45) is 0 Å². The van der Waals surface area contributed by atoms with E-state index in [0.717, 1.165) is 35.7 Å². The van der Waals surface area contributed by atoms with Crippen molar-refractivity contribution < 1.29 is 0 Å². The number of hydrogen-bond acceptors (Lipinski definition) is 5. The lowest BCUT2D eigenvalue weighted by Gasteiger charge is -2.07. The van der Waals surface area contributed by atoms with E-state index in [-0.39, 0.29) is 0 Å². The highest BCUT2D eigenvalue weighted by Gasteiger charge is 2.02. The van der Waals surface area contributed by atoms with E-state index in [2.05, 4.69) is 20.3 Å². The Morgan fingerprint density at radius 1 is 1.00 bits per heavy atom. The first-order chi connectivity index (χ1) is 10.8. The Morgan fingerprint density at radius 2 is 1.86 bits per heavy atom. The number of rotatable bonds is 5. The van der Waals surface area contributed by atoms with Crippen LogP contribution in [-0.2, 0) is 6.42 Å². The summed E-state index contributed by atoms with van der Waals surface area (Å²) < 4.78 is 0. The Kier molecular flexibility index (Phi) is 4.25. The molecule has 0 aliphatic heterocycles. The van der Waals surface area contributed by atoms with Gasteiger partial charge < -0.3 is 11.1 Å². The minimum atomic E-state index is 0.725. The van der Waals surface area contributed by atoms with Crippen LogP contribution in [0.5, 0.6) is 0 Å². The summed E-state index contributed by atoms with van der Waals surface area (Å²) in [4.78, 5) is 12.6. The van der Waals surface area contributed by atoms with E-state index in [9.17, 15) is 0 Å². The molecule has 0 saturated heterocycles. The van der Waals surface area contributed by atoms with Crippen LogP contribution < -0.4 is 11.1 Å². The fraction of sp³-hybridized carbons (Fsp3) is 0.118. The Balaban J connectivity index is 1.66. The summed E-state index contributed by atoms with van der Waals surface area (Å²) in [5.74, 6) is 0.807. The molecule has 0 unspecified atom stereocenters. The van der Waals surface area contributed by atoms with Crippen molar-refractivity contribution in [2.75, 3.05) is 17.6 Å². The van der Waals surface area contributed by atoms with Gasteiger partial charge in [0.25, 0.3) is 0 Å². The number of benzene rings is 1. The number of aromatic nitrogens is 3. The highest BCUT2D eigenvalue weighted by Crippen LogP contribution is 2.20. The largest absolute Gasteiger partial charge is 0.399 e. The first kappa shape index (κ1) is 14.0. The van der Waals surface area contributed by atoms with Crippen LogP contribution in [0.1, 0.15) is 5.56 Å². The van der Waals surface area contributed by atoms with E-state index in [1.54, 1.807) is 18.7 Å². The van der Waals surface area contributed by atoms with Crippen molar-refractivity contribution in [2.45, 2.75) is 6.42 Å². The molecule has 0 radical (unpaired) electrons. The molecule has 3 aromatic rings. The van der Waals surface area contributed by atoms with Crippen LogP contribution in [0, 0.1) is 0 Å². The third kappa shape index (κ3) is 3.58. The maximum Gasteiger partial charge on any atom is 0.129 e. The van der Waals surface area contributed by atoms with Crippen molar-refractivity contribution in [1.29, 1.82) is 0 Å². The molecule has 110 valence electrons. The SMILES string of the molecule is Nc1cccc(-c2cc(NCCc3ccncc3)ncn2)c1. The first-order valence-electron chi connectivity index (χ1n) is 7.12. The molecule has 0 saturated carbocycles. The van der Waals surface area contributed by atoms with E-state index in [1.165, 1.54) is 5.56 Å². The molecule has 0 fully saturated rings. The van der Waals surface area contributed by atoms with E-state index in [1.807, 2.05) is 42.5 Å². The summed E-state index contributed by atoms with van der Waals surface area (Å²) in [5, 5.41) is 3.32. The van der Waals surface area contributed by atoms with Gasteiger partial charge in [0.1, 0.15) is 12.1 Å². The van der Waals surface area contributed by atoms with Crippen molar-refractivity contribution in [3.8, 4) is 11.3 Å². The molecule has 22 heavy (non-hydrogen) atoms. The van der Waals surface area contributed by atoms with Crippen LogP contribution in [0.15, 0.2) is 61.2 Å². The molecule has 0 aliphatic carbocycles. The molecule has 0 spiro atoms. The third-order valence-electron chi connectivity index (χ3n) is 3.32. The minimum Gasteiger partial charge on any atom is -0.399 e. The molecular formula is C17H17N5. The maximum absolute atomic E-state index is 5.81. The zero-order valence-corrected chi connectivity index (χ0v) is 12.1. The molecule has 3 rings (SSSR count). The molecule has 0 aliphatic rings. The summed E-state index contributed by atoms with van der Waals surface area (Å²) >= 11 is 0.